The van der Waals surface area contributed by atoms with Crippen molar-refractivity contribution in [3.8, 4) is 11.3 Å². The third-order valence-corrected chi connectivity index (χ3v) is 3.86. The van der Waals surface area contributed by atoms with E-state index in [2.05, 4.69) is 37.6 Å². The molecule has 1 aromatic carbocycles. The van der Waals surface area contributed by atoms with Gasteiger partial charge in [0.15, 0.2) is 0 Å². The van der Waals surface area contributed by atoms with Crippen LogP contribution in [0.15, 0.2) is 36.4 Å². The van der Waals surface area contributed by atoms with Gasteiger partial charge in [-0.15, -0.1) is 0 Å². The van der Waals surface area contributed by atoms with Crippen molar-refractivity contribution in [2.24, 2.45) is 0 Å². The Morgan fingerprint density at radius 1 is 1.13 bits per heavy atom. The lowest BCUT2D eigenvalue weighted by atomic mass is 10.1. The average molecular weight is 313 g/mol. The Labute approximate surface area is 136 Å². The van der Waals surface area contributed by atoms with E-state index < -0.39 is 0 Å². The maximum absolute atomic E-state index is 5.37. The zero-order valence-corrected chi connectivity index (χ0v) is 13.5. The van der Waals surface area contributed by atoms with Crippen molar-refractivity contribution in [3.05, 3.63) is 36.4 Å². The van der Waals surface area contributed by atoms with Crippen LogP contribution in [-0.4, -0.2) is 61.3 Å². The minimum absolute atomic E-state index is 0.625. The predicted octanol–water partition coefficient (Wildman–Crippen LogP) is 1.93. The fourth-order valence-electron chi connectivity index (χ4n) is 2.57. The fourth-order valence-corrected chi connectivity index (χ4v) is 2.57. The molecule has 6 heteroatoms. The van der Waals surface area contributed by atoms with Gasteiger partial charge < -0.3 is 15.4 Å². The Morgan fingerprint density at radius 3 is 2.65 bits per heavy atom. The maximum Gasteiger partial charge on any atom is 0.224 e. The van der Waals surface area contributed by atoms with Crippen molar-refractivity contribution >= 4 is 11.8 Å². The molecule has 6 nitrogen and oxygen atoms in total. The molecule has 0 atom stereocenters. The molecule has 1 aliphatic heterocycles. The first-order valence-electron chi connectivity index (χ1n) is 8.01. The van der Waals surface area contributed by atoms with E-state index in [4.69, 9.17) is 4.74 Å². The summed E-state index contributed by atoms with van der Waals surface area (Å²) in [5, 5.41) is 6.43. The van der Waals surface area contributed by atoms with Gasteiger partial charge in [-0.1, -0.05) is 30.3 Å². The molecule has 0 radical (unpaired) electrons. The van der Waals surface area contributed by atoms with E-state index in [-0.39, 0.29) is 0 Å². The van der Waals surface area contributed by atoms with Gasteiger partial charge in [0.05, 0.1) is 18.9 Å². The molecule has 0 spiro atoms. The summed E-state index contributed by atoms with van der Waals surface area (Å²) in [6.07, 6.45) is 0. The first-order chi connectivity index (χ1) is 11.3. The van der Waals surface area contributed by atoms with Crippen LogP contribution in [0, 0.1) is 0 Å². The van der Waals surface area contributed by atoms with Crippen molar-refractivity contribution < 1.29 is 4.74 Å². The van der Waals surface area contributed by atoms with E-state index in [1.54, 1.807) is 0 Å². The van der Waals surface area contributed by atoms with Crippen LogP contribution >= 0.6 is 0 Å². The summed E-state index contributed by atoms with van der Waals surface area (Å²) >= 11 is 0. The molecule has 0 saturated carbocycles. The van der Waals surface area contributed by atoms with Crippen LogP contribution < -0.4 is 10.6 Å². The number of nitrogens with one attached hydrogen (secondary N) is 2. The molecule has 2 heterocycles. The SMILES string of the molecule is CNc1nc(NCCN2CCOCC2)cc(-c2ccccc2)n1. The summed E-state index contributed by atoms with van der Waals surface area (Å²) in [5.74, 6) is 1.47. The Kier molecular flexibility index (Phi) is 5.39. The highest BCUT2D eigenvalue weighted by atomic mass is 16.5. The number of nitrogens with zero attached hydrogens (tertiary/aromatic N) is 3. The topological polar surface area (TPSA) is 62.3 Å². The van der Waals surface area contributed by atoms with Gasteiger partial charge in [-0.25, -0.2) is 4.98 Å². The first-order valence-corrected chi connectivity index (χ1v) is 8.01. The fraction of sp³-hybridized carbons (Fsp3) is 0.412. The molecular formula is C17H23N5O. The van der Waals surface area contributed by atoms with Crippen molar-refractivity contribution in [2.75, 3.05) is 57.1 Å². The summed E-state index contributed by atoms with van der Waals surface area (Å²) in [6.45, 7) is 5.51. The predicted molar refractivity (Wildman–Crippen MR) is 92.8 cm³/mol. The molecule has 0 bridgehead atoms. The Balaban J connectivity index is 1.66. The van der Waals surface area contributed by atoms with E-state index in [0.717, 1.165) is 56.5 Å². The zero-order valence-electron chi connectivity index (χ0n) is 13.5. The van der Waals surface area contributed by atoms with Gasteiger partial charge in [0.2, 0.25) is 5.95 Å². The second-order valence-electron chi connectivity index (χ2n) is 5.46. The molecule has 1 aliphatic rings. The standard InChI is InChI=1S/C17H23N5O/c1-18-17-20-15(14-5-3-2-4-6-14)13-16(21-17)19-7-8-22-9-11-23-12-10-22/h2-6,13H,7-12H2,1H3,(H2,18,19,20,21). The third kappa shape index (κ3) is 4.40. The van der Waals surface area contributed by atoms with Crippen LogP contribution in [0.4, 0.5) is 11.8 Å². The van der Waals surface area contributed by atoms with Crippen LogP contribution in [0.25, 0.3) is 11.3 Å². The molecule has 0 unspecified atom stereocenters. The van der Waals surface area contributed by atoms with Crippen molar-refractivity contribution in [2.45, 2.75) is 0 Å². The molecule has 122 valence electrons. The Bertz CT molecular complexity index is 614. The number of hydrogen-bond acceptors (Lipinski definition) is 6. The van der Waals surface area contributed by atoms with E-state index in [1.807, 2.05) is 31.3 Å². The van der Waals surface area contributed by atoms with Crippen LogP contribution in [0.3, 0.4) is 0 Å². The van der Waals surface area contributed by atoms with E-state index >= 15 is 0 Å². The van der Waals surface area contributed by atoms with Gasteiger partial charge in [0, 0.05) is 44.9 Å². The molecule has 3 rings (SSSR count). The van der Waals surface area contributed by atoms with Gasteiger partial charge in [-0.3, -0.25) is 4.90 Å². The average Bonchev–Trinajstić information content (AvgIpc) is 2.63. The van der Waals surface area contributed by atoms with Crippen molar-refractivity contribution in [1.82, 2.24) is 14.9 Å². The van der Waals surface area contributed by atoms with Gasteiger partial charge in [-0.2, -0.15) is 4.98 Å². The Morgan fingerprint density at radius 2 is 1.91 bits per heavy atom. The molecule has 1 saturated heterocycles. The van der Waals surface area contributed by atoms with Gasteiger partial charge in [0.25, 0.3) is 0 Å². The monoisotopic (exact) mass is 313 g/mol. The molecule has 2 N–H and O–H groups in total. The lowest BCUT2D eigenvalue weighted by Crippen LogP contribution is -2.39. The summed E-state index contributed by atoms with van der Waals surface area (Å²) in [5.41, 5.74) is 2.00. The van der Waals surface area contributed by atoms with E-state index in [0.29, 0.717) is 5.95 Å². The molecule has 0 amide bonds. The molecule has 0 aliphatic carbocycles. The lowest BCUT2D eigenvalue weighted by molar-refractivity contribution is 0.0398. The number of hydrogen-bond donors (Lipinski definition) is 2. The smallest absolute Gasteiger partial charge is 0.224 e. The van der Waals surface area contributed by atoms with Crippen LogP contribution in [0.5, 0.6) is 0 Å². The lowest BCUT2D eigenvalue weighted by Gasteiger charge is -2.26. The number of ether oxygens (including phenoxy) is 1. The number of anilines is 2. The third-order valence-electron chi connectivity index (χ3n) is 3.86. The van der Waals surface area contributed by atoms with E-state index in [9.17, 15) is 0 Å². The summed E-state index contributed by atoms with van der Waals surface area (Å²) in [7, 11) is 1.83. The number of rotatable bonds is 6. The number of morpholine rings is 1. The Hall–Kier alpha value is -2.18. The quantitative estimate of drug-likeness (QED) is 0.850. The van der Waals surface area contributed by atoms with Crippen molar-refractivity contribution in [1.29, 1.82) is 0 Å². The van der Waals surface area contributed by atoms with Crippen LogP contribution in [-0.2, 0) is 4.74 Å². The van der Waals surface area contributed by atoms with E-state index in [1.165, 1.54) is 0 Å². The molecule has 1 fully saturated rings. The first kappa shape index (κ1) is 15.7. The molecule has 1 aromatic heterocycles. The van der Waals surface area contributed by atoms with Gasteiger partial charge in [0.1, 0.15) is 5.82 Å². The maximum atomic E-state index is 5.37. The van der Waals surface area contributed by atoms with Gasteiger partial charge in [-0.05, 0) is 0 Å². The van der Waals surface area contributed by atoms with Crippen LogP contribution in [0.1, 0.15) is 0 Å². The highest BCUT2D eigenvalue weighted by Crippen LogP contribution is 2.20. The number of aromatic nitrogens is 2. The summed E-state index contributed by atoms with van der Waals surface area (Å²) in [6, 6.07) is 12.1. The highest BCUT2D eigenvalue weighted by molar-refractivity contribution is 5.64. The minimum atomic E-state index is 0.625. The minimum Gasteiger partial charge on any atom is -0.379 e. The zero-order chi connectivity index (χ0) is 15.9. The largest absolute Gasteiger partial charge is 0.379 e. The van der Waals surface area contributed by atoms with Gasteiger partial charge >= 0.3 is 0 Å². The second kappa shape index (κ2) is 7.89. The highest BCUT2D eigenvalue weighted by Gasteiger charge is 2.10. The van der Waals surface area contributed by atoms with Crippen LogP contribution in [0.2, 0.25) is 0 Å². The summed E-state index contributed by atoms with van der Waals surface area (Å²) in [4.78, 5) is 11.4. The normalized spacial score (nSPS) is 15.3. The second-order valence-corrected chi connectivity index (χ2v) is 5.46. The molecule has 23 heavy (non-hydrogen) atoms. The molecular weight excluding hydrogens is 290 g/mol. The summed E-state index contributed by atoms with van der Waals surface area (Å²) < 4.78 is 5.37. The molecule has 2 aromatic rings. The number of benzene rings is 1. The van der Waals surface area contributed by atoms with Crippen molar-refractivity contribution in [3.63, 3.8) is 0 Å².